The highest BCUT2D eigenvalue weighted by Crippen LogP contribution is 2.46. The Labute approximate surface area is 214 Å². The number of oxime groups is 1. The van der Waals surface area contributed by atoms with Crippen LogP contribution in [-0.2, 0) is 14.4 Å². The van der Waals surface area contributed by atoms with E-state index in [1.54, 1.807) is 0 Å². The van der Waals surface area contributed by atoms with Crippen LogP contribution in [-0.4, -0.2) is 60.8 Å². The average Bonchev–Trinajstić information content (AvgIpc) is 3.12. The number of nitrogens with one attached hydrogen (secondary N) is 1. The number of nitrogen functional groups attached to an aromatic ring is 1. The molecule has 34 heavy (non-hydrogen) atoms. The number of thioether (sulfide) groups is 1. The first-order valence-electron chi connectivity index (χ1n) is 9.35. The summed E-state index contributed by atoms with van der Waals surface area (Å²) in [5, 5.41) is 25.1. The number of fused-ring (bicyclic) bond motifs is 1. The van der Waals surface area contributed by atoms with Crippen molar-refractivity contribution >= 4 is 86.5 Å². The third kappa shape index (κ3) is 4.29. The number of nitrogens with zero attached hydrogens (tertiary/aromatic N) is 4. The fraction of sp³-hybridized carbons (Fsp3) is 0.222. The third-order valence-electron chi connectivity index (χ3n) is 5.06. The summed E-state index contributed by atoms with van der Waals surface area (Å²) in [6.07, 6.45) is 3.40. The van der Waals surface area contributed by atoms with Crippen LogP contribution >= 0.6 is 57.9 Å². The number of hydrogen-bond donors (Lipinski definition) is 4. The van der Waals surface area contributed by atoms with Crippen molar-refractivity contribution in [2.45, 2.75) is 29.8 Å². The molecule has 5 N–H and O–H groups in total. The molecule has 2 atom stereocenters. The van der Waals surface area contributed by atoms with E-state index in [4.69, 9.17) is 40.5 Å². The molecule has 2 aromatic heterocycles. The monoisotopic (exact) mass is 562 g/mol. The third-order valence-corrected chi connectivity index (χ3v) is 8.23. The van der Waals surface area contributed by atoms with Crippen LogP contribution < -0.4 is 11.1 Å². The van der Waals surface area contributed by atoms with Gasteiger partial charge in [0.2, 0.25) is 0 Å². The van der Waals surface area contributed by atoms with E-state index in [1.165, 1.54) is 12.4 Å². The molecule has 0 aliphatic carbocycles. The second-order valence-corrected chi connectivity index (χ2v) is 10.6. The average molecular weight is 564 g/mol. The topological polar surface area (TPSA) is 171 Å². The number of carbonyl (C=O) groups excluding carboxylic acids is 2. The van der Waals surface area contributed by atoms with Gasteiger partial charge in [0.1, 0.15) is 21.8 Å². The molecule has 2 amide bonds. The molecule has 2 aliphatic rings. The Hall–Kier alpha value is -2.58. The molecule has 1 saturated heterocycles. The van der Waals surface area contributed by atoms with Crippen LogP contribution in [0.1, 0.15) is 18.5 Å². The number of amides is 2. The standard InChI is InChI=1S/C18H13Cl3N6O5S2/c19-5-3-23-4-6(20)13(5)33-8-2-1-7-9(16(29)27(7)12(8)17(30)31)24-15(28)11(26-32)10-14(21)34-18(22)25-10/h3-4,7,9,32H,1-2H2,(H2,22,25)(H,24,28)(H,30,31)/b26-11-. The van der Waals surface area contributed by atoms with Gasteiger partial charge in [-0.1, -0.05) is 63.1 Å². The number of hydrogen-bond acceptors (Lipinski definition) is 10. The van der Waals surface area contributed by atoms with Gasteiger partial charge in [-0.05, 0) is 12.8 Å². The smallest absolute Gasteiger partial charge is 0.353 e. The molecule has 16 heteroatoms. The maximum absolute atomic E-state index is 12.9. The van der Waals surface area contributed by atoms with E-state index in [0.717, 1.165) is 28.0 Å². The van der Waals surface area contributed by atoms with Crippen LogP contribution in [0.2, 0.25) is 14.4 Å². The fourth-order valence-electron chi connectivity index (χ4n) is 3.62. The molecule has 0 aromatic carbocycles. The molecular weight excluding hydrogens is 551 g/mol. The first kappa shape index (κ1) is 24.5. The minimum absolute atomic E-state index is 0.0332. The molecular formula is C18H13Cl3N6O5S2. The Balaban J connectivity index is 1.56. The lowest BCUT2D eigenvalue weighted by Crippen LogP contribution is -2.72. The maximum atomic E-state index is 12.9. The number of pyridine rings is 1. The molecule has 0 spiro atoms. The zero-order chi connectivity index (χ0) is 24.7. The van der Waals surface area contributed by atoms with Crippen molar-refractivity contribution in [3.8, 4) is 0 Å². The number of halogens is 3. The van der Waals surface area contributed by atoms with Crippen molar-refractivity contribution in [3.05, 3.63) is 43.1 Å². The Morgan fingerprint density at radius 2 is 1.97 bits per heavy atom. The number of allylic oxidation sites excluding steroid dienone is 1. The van der Waals surface area contributed by atoms with Crippen LogP contribution in [0.15, 0.2) is 33.0 Å². The van der Waals surface area contributed by atoms with E-state index in [0.29, 0.717) is 16.2 Å². The van der Waals surface area contributed by atoms with Gasteiger partial charge in [0, 0.05) is 17.3 Å². The molecule has 2 aromatic rings. The largest absolute Gasteiger partial charge is 0.477 e. The van der Waals surface area contributed by atoms with Gasteiger partial charge >= 0.3 is 5.97 Å². The summed E-state index contributed by atoms with van der Waals surface area (Å²) in [5.41, 5.74) is 4.69. The molecule has 2 aliphatic heterocycles. The highest BCUT2D eigenvalue weighted by molar-refractivity contribution is 8.03. The van der Waals surface area contributed by atoms with Gasteiger partial charge < -0.3 is 21.4 Å². The van der Waals surface area contributed by atoms with Crippen molar-refractivity contribution in [1.82, 2.24) is 20.2 Å². The molecule has 178 valence electrons. The predicted octanol–water partition coefficient (Wildman–Crippen LogP) is 2.84. The second-order valence-electron chi connectivity index (χ2n) is 7.00. The molecule has 4 rings (SSSR count). The summed E-state index contributed by atoms with van der Waals surface area (Å²) in [6.45, 7) is 0. The first-order chi connectivity index (χ1) is 16.1. The maximum Gasteiger partial charge on any atom is 0.353 e. The van der Waals surface area contributed by atoms with Crippen molar-refractivity contribution in [2.24, 2.45) is 5.16 Å². The lowest BCUT2D eigenvalue weighted by Gasteiger charge is -2.50. The van der Waals surface area contributed by atoms with Gasteiger partial charge in [-0.3, -0.25) is 19.5 Å². The Bertz CT molecular complexity index is 1260. The normalized spacial score (nSPS) is 20.1. The summed E-state index contributed by atoms with van der Waals surface area (Å²) in [6, 6.07) is -1.65. The van der Waals surface area contributed by atoms with Gasteiger partial charge in [-0.2, -0.15) is 0 Å². The highest BCUT2D eigenvalue weighted by atomic mass is 35.5. The number of nitrogens with two attached hydrogens (primary N) is 1. The number of aliphatic carboxylic acids is 1. The number of carboxylic acids is 1. The SMILES string of the molecule is Nc1nc(/C(=N/O)C(=O)NC2C(=O)N3C(C(=O)O)=C(Sc4c(Cl)cncc4Cl)CCC23)c(Cl)s1. The molecule has 1 fully saturated rings. The molecule has 4 heterocycles. The Kier molecular flexibility index (Phi) is 6.92. The second kappa shape index (κ2) is 9.58. The van der Waals surface area contributed by atoms with E-state index in [1.807, 2.05) is 0 Å². The lowest BCUT2D eigenvalue weighted by molar-refractivity contribution is -0.155. The van der Waals surface area contributed by atoms with Gasteiger partial charge in [0.05, 0.1) is 21.0 Å². The molecule has 0 bridgehead atoms. The molecule has 0 saturated carbocycles. The molecule has 2 unspecified atom stereocenters. The molecule has 11 nitrogen and oxygen atoms in total. The van der Waals surface area contributed by atoms with Crippen LogP contribution in [0.3, 0.4) is 0 Å². The summed E-state index contributed by atoms with van der Waals surface area (Å²) in [7, 11) is 0. The quantitative estimate of drug-likeness (QED) is 0.178. The summed E-state index contributed by atoms with van der Waals surface area (Å²) < 4.78 is 0.0332. The van der Waals surface area contributed by atoms with E-state index in [-0.39, 0.29) is 37.3 Å². The van der Waals surface area contributed by atoms with Gasteiger partial charge in [-0.15, -0.1) is 0 Å². The molecule has 0 radical (unpaired) electrons. The minimum Gasteiger partial charge on any atom is -0.477 e. The highest BCUT2D eigenvalue weighted by Gasteiger charge is 2.54. The van der Waals surface area contributed by atoms with Gasteiger partial charge in [-0.25, -0.2) is 9.78 Å². The number of β-lactam (4-membered cyclic amide) rings is 1. The summed E-state index contributed by atoms with van der Waals surface area (Å²) in [5.74, 6) is -2.86. The zero-order valence-electron chi connectivity index (χ0n) is 16.7. The predicted molar refractivity (Wildman–Crippen MR) is 126 cm³/mol. The van der Waals surface area contributed by atoms with E-state index in [2.05, 4.69) is 20.4 Å². The lowest BCUT2D eigenvalue weighted by atomic mass is 9.86. The van der Waals surface area contributed by atoms with Crippen molar-refractivity contribution in [1.29, 1.82) is 0 Å². The van der Waals surface area contributed by atoms with Crippen LogP contribution in [0.5, 0.6) is 0 Å². The Morgan fingerprint density at radius 1 is 1.29 bits per heavy atom. The van der Waals surface area contributed by atoms with E-state index < -0.39 is 35.6 Å². The number of rotatable bonds is 6. The first-order valence-corrected chi connectivity index (χ1v) is 12.1. The van der Waals surface area contributed by atoms with E-state index >= 15 is 0 Å². The Morgan fingerprint density at radius 3 is 2.53 bits per heavy atom. The number of anilines is 1. The van der Waals surface area contributed by atoms with Gasteiger partial charge in [0.25, 0.3) is 11.8 Å². The van der Waals surface area contributed by atoms with E-state index in [9.17, 15) is 24.7 Å². The fourth-order valence-corrected chi connectivity index (χ4v) is 6.19. The summed E-state index contributed by atoms with van der Waals surface area (Å²) in [4.78, 5) is 47.3. The van der Waals surface area contributed by atoms with Crippen LogP contribution in [0, 0.1) is 0 Å². The zero-order valence-corrected chi connectivity index (χ0v) is 20.6. The van der Waals surface area contributed by atoms with Crippen LogP contribution in [0.25, 0.3) is 0 Å². The summed E-state index contributed by atoms with van der Waals surface area (Å²) >= 11 is 20.2. The minimum atomic E-state index is -1.31. The van der Waals surface area contributed by atoms with Crippen LogP contribution in [0.4, 0.5) is 5.13 Å². The van der Waals surface area contributed by atoms with Crippen molar-refractivity contribution in [3.63, 3.8) is 0 Å². The number of thiazole rings is 1. The number of carboxylic acid groups (broad SMARTS) is 1. The number of aromatic nitrogens is 2. The van der Waals surface area contributed by atoms with Crippen molar-refractivity contribution in [2.75, 3.05) is 5.73 Å². The number of carbonyl (C=O) groups is 3. The van der Waals surface area contributed by atoms with Gasteiger partial charge in [0.15, 0.2) is 10.8 Å². The van der Waals surface area contributed by atoms with Crippen molar-refractivity contribution < 1.29 is 24.7 Å².